The Bertz CT molecular complexity index is 762. The fourth-order valence-corrected chi connectivity index (χ4v) is 2.06. The van der Waals surface area contributed by atoms with Gasteiger partial charge in [0.05, 0.1) is 11.3 Å². The van der Waals surface area contributed by atoms with Crippen molar-refractivity contribution in [1.29, 1.82) is 0 Å². The summed E-state index contributed by atoms with van der Waals surface area (Å²) < 4.78 is 38.7. The van der Waals surface area contributed by atoms with Crippen molar-refractivity contribution in [3.05, 3.63) is 65.2 Å². The highest BCUT2D eigenvalue weighted by Gasteiger charge is 2.32. The third-order valence-corrected chi connectivity index (χ3v) is 3.48. The van der Waals surface area contributed by atoms with Crippen LogP contribution >= 0.6 is 23.2 Å². The lowest BCUT2D eigenvalue weighted by Gasteiger charge is -2.14. The summed E-state index contributed by atoms with van der Waals surface area (Å²) in [6.07, 6.45) is -4.63. The molecule has 0 atom stereocenters. The van der Waals surface area contributed by atoms with Gasteiger partial charge < -0.3 is 5.32 Å². The van der Waals surface area contributed by atoms with E-state index in [0.29, 0.717) is 6.07 Å². The second kappa shape index (κ2) is 7.23. The van der Waals surface area contributed by atoms with Crippen LogP contribution in [0.25, 0.3) is 0 Å². The predicted octanol–water partition coefficient (Wildman–Crippen LogP) is 4.68. The third kappa shape index (κ3) is 4.27. The van der Waals surface area contributed by atoms with Gasteiger partial charge in [-0.15, -0.1) is 0 Å². The first-order valence-electron chi connectivity index (χ1n) is 6.60. The summed E-state index contributed by atoms with van der Waals surface area (Å²) in [5.74, 6) is -1.52. The van der Waals surface area contributed by atoms with Crippen molar-refractivity contribution in [2.24, 2.45) is 0 Å². The van der Waals surface area contributed by atoms with E-state index in [2.05, 4.69) is 5.32 Å². The molecule has 0 aliphatic carbocycles. The van der Waals surface area contributed by atoms with Gasteiger partial charge >= 0.3 is 6.18 Å². The van der Waals surface area contributed by atoms with Crippen molar-refractivity contribution in [2.75, 3.05) is 5.32 Å². The Kier molecular flexibility index (Phi) is 5.51. The van der Waals surface area contributed by atoms with Crippen molar-refractivity contribution in [3.8, 4) is 0 Å². The Morgan fingerprint density at radius 1 is 1.00 bits per heavy atom. The largest absolute Gasteiger partial charge is 0.416 e. The number of ketones is 1. The quantitative estimate of drug-likeness (QED) is 0.622. The molecule has 2 aromatic carbocycles. The minimum Gasteiger partial charge on any atom is -0.323 e. The molecule has 1 N–H and O–H groups in total. The molecule has 0 spiro atoms. The summed E-state index contributed by atoms with van der Waals surface area (Å²) in [6.45, 7) is 0. The van der Waals surface area contributed by atoms with Crippen molar-refractivity contribution in [1.82, 2.24) is 0 Å². The molecule has 0 radical (unpaired) electrons. The van der Waals surface area contributed by atoms with Crippen molar-refractivity contribution in [2.45, 2.75) is 11.0 Å². The molecule has 0 aliphatic heterocycles. The highest BCUT2D eigenvalue weighted by Crippen LogP contribution is 2.33. The molecule has 3 nitrogen and oxygen atoms in total. The van der Waals surface area contributed by atoms with Gasteiger partial charge in [0.25, 0.3) is 5.91 Å². The Labute approximate surface area is 145 Å². The van der Waals surface area contributed by atoms with Gasteiger partial charge in [-0.25, -0.2) is 0 Å². The number of hydrogen-bond donors (Lipinski definition) is 1. The number of anilines is 1. The summed E-state index contributed by atoms with van der Waals surface area (Å²) >= 11 is 10.8. The van der Waals surface area contributed by atoms with Crippen LogP contribution in [0.5, 0.6) is 0 Å². The summed E-state index contributed by atoms with van der Waals surface area (Å²) in [6, 6.07) is 10.2. The fourth-order valence-electron chi connectivity index (χ4n) is 1.95. The van der Waals surface area contributed by atoms with Crippen LogP contribution in [0, 0.1) is 0 Å². The van der Waals surface area contributed by atoms with E-state index in [4.69, 9.17) is 23.2 Å². The van der Waals surface area contributed by atoms with E-state index in [9.17, 15) is 22.8 Å². The van der Waals surface area contributed by atoms with E-state index in [0.717, 1.165) is 12.1 Å². The van der Waals surface area contributed by atoms with Crippen LogP contribution in [-0.2, 0) is 11.0 Å². The molecule has 2 aromatic rings. The Morgan fingerprint density at radius 3 is 2.17 bits per heavy atom. The van der Waals surface area contributed by atoms with Crippen molar-refractivity contribution >= 4 is 40.6 Å². The molecule has 126 valence electrons. The van der Waals surface area contributed by atoms with Gasteiger partial charge in [0.15, 0.2) is 10.6 Å². The molecule has 1 amide bonds. The lowest BCUT2D eigenvalue weighted by molar-refractivity contribution is -0.137. The van der Waals surface area contributed by atoms with Gasteiger partial charge in [0.1, 0.15) is 0 Å². The number of rotatable bonds is 4. The summed E-state index contributed by atoms with van der Waals surface area (Å²) in [5.41, 5.74) is -1.24. The maximum Gasteiger partial charge on any atom is 0.416 e. The van der Waals surface area contributed by atoms with Gasteiger partial charge in [0.2, 0.25) is 0 Å². The van der Waals surface area contributed by atoms with Gasteiger partial charge in [-0.2, -0.15) is 13.2 Å². The van der Waals surface area contributed by atoms with Crippen LogP contribution in [0.15, 0.2) is 48.5 Å². The first-order valence-corrected chi connectivity index (χ1v) is 7.47. The first kappa shape index (κ1) is 18.3. The Hall–Kier alpha value is -2.05. The van der Waals surface area contributed by atoms with E-state index in [1.807, 2.05) is 0 Å². The number of alkyl halides is 5. The van der Waals surface area contributed by atoms with E-state index in [-0.39, 0.29) is 16.8 Å². The van der Waals surface area contributed by atoms with Crippen LogP contribution in [0.2, 0.25) is 0 Å². The zero-order valence-electron chi connectivity index (χ0n) is 11.9. The second-order valence-corrected chi connectivity index (χ2v) is 5.84. The van der Waals surface area contributed by atoms with Crippen LogP contribution in [0.4, 0.5) is 18.9 Å². The first-order chi connectivity index (χ1) is 11.2. The standard InChI is InChI=1S/C16H10Cl2F3NO2/c17-14(18)15(24)22-12-7-6-10(16(19,20)21)8-11(12)13(23)9-4-2-1-3-5-9/h1-8,14H,(H,22,24). The molecule has 0 aromatic heterocycles. The minimum absolute atomic E-state index is 0.104. The van der Waals surface area contributed by atoms with Gasteiger partial charge in [0, 0.05) is 11.1 Å². The molecule has 2 rings (SSSR count). The minimum atomic E-state index is -4.63. The third-order valence-electron chi connectivity index (χ3n) is 3.08. The van der Waals surface area contributed by atoms with Gasteiger partial charge in [-0.05, 0) is 18.2 Å². The SMILES string of the molecule is O=C(c1ccccc1)c1cc(C(F)(F)F)ccc1NC(=O)C(Cl)Cl. The van der Waals surface area contributed by atoms with E-state index < -0.39 is 28.3 Å². The molecular weight excluding hydrogens is 366 g/mol. The number of amides is 1. The number of halogens is 5. The average molecular weight is 376 g/mol. The van der Waals surface area contributed by atoms with Crippen LogP contribution in [0.1, 0.15) is 21.5 Å². The normalized spacial score (nSPS) is 11.4. The lowest BCUT2D eigenvalue weighted by Crippen LogP contribution is -2.21. The maximum absolute atomic E-state index is 12.9. The highest BCUT2D eigenvalue weighted by atomic mass is 35.5. The van der Waals surface area contributed by atoms with Crippen LogP contribution < -0.4 is 5.32 Å². The lowest BCUT2D eigenvalue weighted by atomic mass is 9.99. The van der Waals surface area contributed by atoms with E-state index >= 15 is 0 Å². The molecule has 8 heteroatoms. The Balaban J connectivity index is 2.51. The van der Waals surface area contributed by atoms with E-state index in [1.165, 1.54) is 12.1 Å². The number of nitrogens with one attached hydrogen (secondary N) is 1. The molecule has 0 saturated heterocycles. The molecule has 0 unspecified atom stereocenters. The van der Waals surface area contributed by atoms with Crippen LogP contribution in [-0.4, -0.2) is 16.5 Å². The summed E-state index contributed by atoms with van der Waals surface area (Å²) in [4.78, 5) is 22.7. The number of benzene rings is 2. The maximum atomic E-state index is 12.9. The smallest absolute Gasteiger partial charge is 0.323 e. The summed E-state index contributed by atoms with van der Waals surface area (Å²) in [7, 11) is 0. The highest BCUT2D eigenvalue weighted by molar-refractivity contribution is 6.54. The fraction of sp³-hybridized carbons (Fsp3) is 0.125. The predicted molar refractivity (Wildman–Crippen MR) is 85.4 cm³/mol. The molecule has 0 saturated carbocycles. The number of carbonyl (C=O) groups is 2. The number of hydrogen-bond acceptors (Lipinski definition) is 2. The number of carbonyl (C=O) groups excluding carboxylic acids is 2. The molecular formula is C16H10Cl2F3NO2. The topological polar surface area (TPSA) is 46.2 Å². The second-order valence-electron chi connectivity index (χ2n) is 4.74. The average Bonchev–Trinajstić information content (AvgIpc) is 2.54. The van der Waals surface area contributed by atoms with Gasteiger partial charge in [-0.3, -0.25) is 9.59 Å². The van der Waals surface area contributed by atoms with Crippen LogP contribution in [0.3, 0.4) is 0 Å². The summed E-state index contributed by atoms with van der Waals surface area (Å²) in [5, 5.41) is 2.25. The molecule has 0 fully saturated rings. The molecule has 0 bridgehead atoms. The molecule has 0 aliphatic rings. The zero-order chi connectivity index (χ0) is 17.9. The van der Waals surface area contributed by atoms with Crippen molar-refractivity contribution in [3.63, 3.8) is 0 Å². The monoisotopic (exact) mass is 375 g/mol. The van der Waals surface area contributed by atoms with E-state index in [1.54, 1.807) is 18.2 Å². The molecule has 0 heterocycles. The Morgan fingerprint density at radius 2 is 1.62 bits per heavy atom. The zero-order valence-corrected chi connectivity index (χ0v) is 13.4. The van der Waals surface area contributed by atoms with Gasteiger partial charge in [-0.1, -0.05) is 53.5 Å². The van der Waals surface area contributed by atoms with Crippen molar-refractivity contribution < 1.29 is 22.8 Å². The molecule has 24 heavy (non-hydrogen) atoms.